The average molecular weight is 378 g/mol. The molecule has 0 aromatic carbocycles. The normalized spacial score (nSPS) is 26.3. The van der Waals surface area contributed by atoms with Gasteiger partial charge in [0.1, 0.15) is 18.2 Å². The predicted octanol–water partition coefficient (Wildman–Crippen LogP) is -2.00. The van der Waals surface area contributed by atoms with Gasteiger partial charge in [-0.1, -0.05) is 0 Å². The number of imidazole rings is 1. The molecule has 11 nitrogen and oxygen atoms in total. The fraction of sp³-hybridized carbons (Fsp3) is 0.500. The van der Waals surface area contributed by atoms with E-state index in [2.05, 4.69) is 15.0 Å². The average Bonchev–Trinajstić information content (AvgIpc) is 3.08. The Bertz CT molecular complexity index is 896. The minimum atomic E-state index is -5.20. The number of alkyl halides is 3. The van der Waals surface area contributed by atoms with Crippen molar-refractivity contribution < 1.29 is 32.9 Å². The van der Waals surface area contributed by atoms with Crippen LogP contribution in [0.25, 0.3) is 11.2 Å². The van der Waals surface area contributed by atoms with E-state index >= 15 is 0 Å². The summed E-state index contributed by atoms with van der Waals surface area (Å²) in [5.74, 6) is -2.58. The van der Waals surface area contributed by atoms with Gasteiger partial charge in [0, 0.05) is 0 Å². The number of nitrogens with zero attached hydrogens (tertiary/aromatic N) is 3. The van der Waals surface area contributed by atoms with Gasteiger partial charge in [0.15, 0.2) is 17.4 Å². The van der Waals surface area contributed by atoms with Crippen molar-refractivity contribution >= 4 is 23.0 Å². The second kappa shape index (κ2) is 6.22. The van der Waals surface area contributed by atoms with Crippen molar-refractivity contribution in [2.24, 2.45) is 0 Å². The molecule has 142 valence electrons. The first-order valence-corrected chi connectivity index (χ1v) is 7.18. The van der Waals surface area contributed by atoms with Crippen LogP contribution in [-0.2, 0) is 9.53 Å². The maximum absolute atomic E-state index is 12.6. The lowest BCUT2D eigenvalue weighted by Gasteiger charge is -2.23. The molecule has 3 heterocycles. The zero-order chi connectivity index (χ0) is 19.2. The highest BCUT2D eigenvalue weighted by molar-refractivity contribution is 5.82. The van der Waals surface area contributed by atoms with Crippen LogP contribution in [0.1, 0.15) is 6.23 Å². The predicted molar refractivity (Wildman–Crippen MR) is 77.5 cm³/mol. The van der Waals surface area contributed by atoms with Gasteiger partial charge in [-0.2, -0.15) is 18.2 Å². The number of aliphatic hydroxyl groups excluding tert-OH is 2. The van der Waals surface area contributed by atoms with Gasteiger partial charge in [-0.3, -0.25) is 19.1 Å². The summed E-state index contributed by atoms with van der Waals surface area (Å²) < 4.78 is 44.1. The summed E-state index contributed by atoms with van der Waals surface area (Å²) in [7, 11) is 0. The molecule has 1 fully saturated rings. The number of aromatic nitrogens is 4. The molecule has 26 heavy (non-hydrogen) atoms. The summed E-state index contributed by atoms with van der Waals surface area (Å²) in [6.07, 6.45) is -8.52. The third kappa shape index (κ3) is 2.97. The van der Waals surface area contributed by atoms with Crippen LogP contribution in [-0.4, -0.2) is 66.7 Å². The SMILES string of the molecule is Nc1nc2c(ncn2[C@@H]2O[C@H](CO)[C@H](O)[C@H]2NC(=O)C(F)(F)F)c(=O)[nH]1. The highest BCUT2D eigenvalue weighted by Gasteiger charge is 2.49. The summed E-state index contributed by atoms with van der Waals surface area (Å²) in [4.78, 5) is 32.9. The Labute approximate surface area is 141 Å². The number of rotatable bonds is 3. The monoisotopic (exact) mass is 378 g/mol. The van der Waals surface area contributed by atoms with E-state index in [-0.39, 0.29) is 17.1 Å². The molecule has 0 spiro atoms. The van der Waals surface area contributed by atoms with Crippen LogP contribution in [0.2, 0.25) is 0 Å². The molecule has 0 unspecified atom stereocenters. The van der Waals surface area contributed by atoms with Gasteiger partial charge in [0.25, 0.3) is 5.56 Å². The van der Waals surface area contributed by atoms with Crippen LogP contribution < -0.4 is 16.6 Å². The quantitative estimate of drug-likeness (QED) is 0.408. The molecule has 3 rings (SSSR count). The van der Waals surface area contributed by atoms with Crippen molar-refractivity contribution in [3.8, 4) is 0 Å². The number of H-pyrrole nitrogens is 1. The minimum absolute atomic E-state index is 0.131. The van der Waals surface area contributed by atoms with E-state index in [9.17, 15) is 33.0 Å². The topological polar surface area (TPSA) is 168 Å². The number of carbonyl (C=O) groups is 1. The number of halogens is 3. The van der Waals surface area contributed by atoms with E-state index in [0.717, 1.165) is 10.9 Å². The number of aromatic amines is 1. The van der Waals surface area contributed by atoms with Gasteiger partial charge in [-0.25, -0.2) is 4.98 Å². The van der Waals surface area contributed by atoms with Gasteiger partial charge >= 0.3 is 12.1 Å². The Kier molecular flexibility index (Phi) is 4.33. The van der Waals surface area contributed by atoms with E-state index in [1.165, 1.54) is 0 Å². The zero-order valence-electron chi connectivity index (χ0n) is 12.8. The Morgan fingerprint density at radius 3 is 2.81 bits per heavy atom. The highest BCUT2D eigenvalue weighted by Crippen LogP contribution is 2.31. The molecule has 2 aromatic heterocycles. The number of amides is 1. The van der Waals surface area contributed by atoms with Crippen molar-refractivity contribution in [2.45, 2.75) is 30.7 Å². The van der Waals surface area contributed by atoms with Crippen molar-refractivity contribution in [2.75, 3.05) is 12.3 Å². The van der Waals surface area contributed by atoms with Gasteiger partial charge in [-0.15, -0.1) is 0 Å². The fourth-order valence-corrected chi connectivity index (χ4v) is 2.65. The van der Waals surface area contributed by atoms with Gasteiger partial charge in [0.2, 0.25) is 5.95 Å². The van der Waals surface area contributed by atoms with Gasteiger partial charge in [0.05, 0.1) is 12.9 Å². The highest BCUT2D eigenvalue weighted by atomic mass is 19.4. The molecule has 0 saturated carbocycles. The van der Waals surface area contributed by atoms with E-state index in [1.54, 1.807) is 5.32 Å². The molecular weight excluding hydrogens is 365 g/mol. The molecule has 1 aliphatic rings. The Hall–Kier alpha value is -2.71. The zero-order valence-corrected chi connectivity index (χ0v) is 12.8. The van der Waals surface area contributed by atoms with Crippen molar-refractivity contribution in [1.82, 2.24) is 24.8 Å². The molecule has 0 aliphatic carbocycles. The number of fused-ring (bicyclic) bond motifs is 1. The summed E-state index contributed by atoms with van der Waals surface area (Å²) in [6, 6.07) is -1.60. The summed E-state index contributed by atoms with van der Waals surface area (Å²) >= 11 is 0. The molecule has 4 atom stereocenters. The van der Waals surface area contributed by atoms with Gasteiger partial charge < -0.3 is 26.0 Å². The lowest BCUT2D eigenvalue weighted by molar-refractivity contribution is -0.175. The second-order valence-electron chi connectivity index (χ2n) is 5.51. The van der Waals surface area contributed by atoms with E-state index in [4.69, 9.17) is 10.5 Å². The minimum Gasteiger partial charge on any atom is -0.394 e. The maximum atomic E-state index is 12.6. The number of hydrogen-bond donors (Lipinski definition) is 5. The van der Waals surface area contributed by atoms with E-state index < -0.39 is 48.7 Å². The third-order valence-electron chi connectivity index (χ3n) is 3.83. The molecule has 0 bridgehead atoms. The number of carbonyl (C=O) groups excluding carboxylic acids is 1. The lowest BCUT2D eigenvalue weighted by Crippen LogP contribution is -2.50. The third-order valence-corrected chi connectivity index (χ3v) is 3.83. The molecular formula is C12H13F3N6O5. The molecule has 1 saturated heterocycles. The van der Waals surface area contributed by atoms with Crippen LogP contribution >= 0.6 is 0 Å². The Morgan fingerprint density at radius 1 is 1.50 bits per heavy atom. The molecule has 1 amide bonds. The van der Waals surface area contributed by atoms with E-state index in [0.29, 0.717) is 0 Å². The number of nitrogen functional groups attached to an aromatic ring is 1. The second-order valence-corrected chi connectivity index (χ2v) is 5.51. The summed E-state index contributed by atoms with van der Waals surface area (Å²) in [5.41, 5.74) is 4.45. The molecule has 14 heteroatoms. The number of aliphatic hydroxyl groups is 2. The molecule has 2 aromatic rings. The van der Waals surface area contributed by atoms with Crippen LogP contribution in [0.15, 0.2) is 11.1 Å². The lowest BCUT2D eigenvalue weighted by atomic mass is 10.1. The van der Waals surface area contributed by atoms with Crippen molar-refractivity contribution in [3.05, 3.63) is 16.7 Å². The number of nitrogens with one attached hydrogen (secondary N) is 2. The van der Waals surface area contributed by atoms with Crippen molar-refractivity contribution in [1.29, 1.82) is 0 Å². The number of nitrogens with two attached hydrogens (primary N) is 1. The maximum Gasteiger partial charge on any atom is 0.471 e. The first-order valence-electron chi connectivity index (χ1n) is 7.18. The van der Waals surface area contributed by atoms with Crippen LogP contribution in [0.5, 0.6) is 0 Å². The molecule has 0 radical (unpaired) electrons. The van der Waals surface area contributed by atoms with Crippen LogP contribution in [0.3, 0.4) is 0 Å². The number of hydrogen-bond acceptors (Lipinski definition) is 8. The standard InChI is InChI=1S/C12H13F3N6O5/c13-12(14,15)10(25)18-4-6(23)3(1-22)26-9(4)21-2-17-5-7(21)19-11(16)20-8(5)24/h2-4,6,9,22-23H,1H2,(H,18,25)(H3,16,19,20,24)/t3-,4-,6+,9-/m1/s1. The van der Waals surface area contributed by atoms with Gasteiger partial charge in [-0.05, 0) is 0 Å². The molecule has 1 aliphatic heterocycles. The first kappa shape index (κ1) is 18.1. The van der Waals surface area contributed by atoms with E-state index in [1.807, 2.05) is 0 Å². The first-order chi connectivity index (χ1) is 12.1. The summed E-state index contributed by atoms with van der Waals surface area (Å²) in [5, 5.41) is 21.0. The van der Waals surface area contributed by atoms with Crippen LogP contribution in [0.4, 0.5) is 19.1 Å². The van der Waals surface area contributed by atoms with Crippen LogP contribution in [0, 0.1) is 0 Å². The Balaban J connectivity index is 2.04. The molecule has 6 N–H and O–H groups in total. The van der Waals surface area contributed by atoms with Crippen molar-refractivity contribution in [3.63, 3.8) is 0 Å². The smallest absolute Gasteiger partial charge is 0.394 e. The summed E-state index contributed by atoms with van der Waals surface area (Å²) in [6.45, 7) is -0.723. The Morgan fingerprint density at radius 2 is 2.19 bits per heavy atom. The largest absolute Gasteiger partial charge is 0.471 e. The number of anilines is 1. The number of ether oxygens (including phenoxy) is 1. The fourth-order valence-electron chi connectivity index (χ4n) is 2.65.